The molecule has 2 aliphatic heterocycles. The van der Waals surface area contributed by atoms with Crippen molar-refractivity contribution in [3.8, 4) is 11.8 Å². The zero-order valence-corrected chi connectivity index (χ0v) is 15.0. The van der Waals surface area contributed by atoms with Gasteiger partial charge in [-0.15, -0.1) is 0 Å². The Morgan fingerprint density at radius 1 is 0.962 bits per heavy atom. The predicted octanol–water partition coefficient (Wildman–Crippen LogP) is 3.41. The Balaban J connectivity index is 1.25. The molecule has 2 aromatic rings. The maximum atomic E-state index is 12.5. The van der Waals surface area contributed by atoms with Gasteiger partial charge in [-0.1, -0.05) is 48.2 Å². The second-order valence-electron chi connectivity index (χ2n) is 7.23. The zero-order chi connectivity index (χ0) is 17.8. The van der Waals surface area contributed by atoms with Crippen molar-refractivity contribution in [2.75, 3.05) is 26.2 Å². The molecule has 2 heterocycles. The van der Waals surface area contributed by atoms with Crippen LogP contribution in [0.5, 0.6) is 0 Å². The number of piperidine rings is 1. The fourth-order valence-electron chi connectivity index (χ4n) is 3.88. The third-order valence-electron chi connectivity index (χ3n) is 5.39. The summed E-state index contributed by atoms with van der Waals surface area (Å²) in [6.45, 7) is 4.64. The number of nitrogens with zero attached hydrogens (tertiary/aromatic N) is 2. The van der Waals surface area contributed by atoms with E-state index in [0.717, 1.165) is 56.7 Å². The lowest BCUT2D eigenvalue weighted by molar-refractivity contribution is 0.0719. The summed E-state index contributed by atoms with van der Waals surface area (Å²) in [5.74, 6) is 7.33. The molecule has 0 aliphatic carbocycles. The van der Waals surface area contributed by atoms with E-state index < -0.39 is 0 Å². The smallest absolute Gasteiger partial charge is 0.254 e. The van der Waals surface area contributed by atoms with Crippen molar-refractivity contribution in [1.82, 2.24) is 9.80 Å². The number of hydrogen-bond donors (Lipinski definition) is 0. The van der Waals surface area contributed by atoms with Crippen LogP contribution in [0.2, 0.25) is 0 Å². The molecule has 1 amide bonds. The number of carbonyl (C=O) groups is 1. The molecule has 0 atom stereocenters. The molecule has 2 aliphatic rings. The van der Waals surface area contributed by atoms with Gasteiger partial charge in [0.05, 0.1) is 6.54 Å². The Labute approximate surface area is 155 Å². The molecule has 1 saturated heterocycles. The van der Waals surface area contributed by atoms with Gasteiger partial charge in [-0.2, -0.15) is 0 Å². The number of fused-ring (bicyclic) bond motifs is 1. The van der Waals surface area contributed by atoms with Crippen LogP contribution in [0, 0.1) is 17.8 Å². The summed E-state index contributed by atoms with van der Waals surface area (Å²) in [6.07, 6.45) is 2.29. The molecule has 0 unspecified atom stereocenters. The SMILES string of the molecule is O=C1c2ccccc2CN1CC1CCN(CC#Cc2ccccc2)CC1. The highest BCUT2D eigenvalue weighted by Crippen LogP contribution is 2.26. The Hall–Kier alpha value is -2.57. The normalized spacial score (nSPS) is 17.7. The standard InChI is InChI=1S/C23H24N2O/c26-23-22-11-5-4-10-21(22)18-25(23)17-20-12-15-24(16-13-20)14-6-9-19-7-2-1-3-8-19/h1-5,7-8,10-11,20H,12-18H2. The first-order valence-corrected chi connectivity index (χ1v) is 9.43. The average Bonchev–Trinajstić information content (AvgIpc) is 3.00. The molecule has 3 heteroatoms. The maximum absolute atomic E-state index is 12.5. The highest BCUT2D eigenvalue weighted by molar-refractivity contribution is 5.98. The Bertz CT molecular complexity index is 826. The molecule has 0 saturated carbocycles. The van der Waals surface area contributed by atoms with Gasteiger partial charge in [-0.3, -0.25) is 9.69 Å². The second-order valence-corrected chi connectivity index (χ2v) is 7.23. The lowest BCUT2D eigenvalue weighted by Crippen LogP contribution is -2.39. The Morgan fingerprint density at radius 2 is 1.69 bits per heavy atom. The summed E-state index contributed by atoms with van der Waals surface area (Å²) in [5, 5.41) is 0. The van der Waals surface area contributed by atoms with Crippen LogP contribution in [0.1, 0.15) is 34.3 Å². The van der Waals surface area contributed by atoms with Gasteiger partial charge in [0.15, 0.2) is 0 Å². The van der Waals surface area contributed by atoms with Crippen LogP contribution >= 0.6 is 0 Å². The topological polar surface area (TPSA) is 23.6 Å². The molecule has 0 aromatic heterocycles. The summed E-state index contributed by atoms with van der Waals surface area (Å²) in [4.78, 5) is 17.0. The number of benzene rings is 2. The molecular formula is C23H24N2O. The first kappa shape index (κ1) is 16.9. The van der Waals surface area contributed by atoms with E-state index in [1.54, 1.807) is 0 Å². The molecule has 2 aromatic carbocycles. The van der Waals surface area contributed by atoms with E-state index in [4.69, 9.17) is 0 Å². The van der Waals surface area contributed by atoms with Crippen LogP contribution < -0.4 is 0 Å². The van der Waals surface area contributed by atoms with Gasteiger partial charge in [0, 0.05) is 24.2 Å². The van der Waals surface area contributed by atoms with Crippen LogP contribution in [0.3, 0.4) is 0 Å². The second kappa shape index (κ2) is 7.76. The quantitative estimate of drug-likeness (QED) is 0.797. The Morgan fingerprint density at radius 3 is 2.46 bits per heavy atom. The van der Waals surface area contributed by atoms with Crippen LogP contribution in [0.25, 0.3) is 0 Å². The van der Waals surface area contributed by atoms with E-state index in [0.29, 0.717) is 5.92 Å². The lowest BCUT2D eigenvalue weighted by Gasteiger charge is -2.32. The first-order valence-electron chi connectivity index (χ1n) is 9.43. The molecule has 26 heavy (non-hydrogen) atoms. The molecule has 0 N–H and O–H groups in total. The van der Waals surface area contributed by atoms with Gasteiger partial charge in [0.1, 0.15) is 0 Å². The summed E-state index contributed by atoms with van der Waals surface area (Å²) in [7, 11) is 0. The maximum Gasteiger partial charge on any atom is 0.254 e. The molecule has 132 valence electrons. The summed E-state index contributed by atoms with van der Waals surface area (Å²) >= 11 is 0. The molecule has 0 radical (unpaired) electrons. The highest BCUT2D eigenvalue weighted by Gasteiger charge is 2.29. The van der Waals surface area contributed by atoms with E-state index in [-0.39, 0.29) is 5.91 Å². The van der Waals surface area contributed by atoms with Crippen LogP contribution in [0.15, 0.2) is 54.6 Å². The molecule has 3 nitrogen and oxygen atoms in total. The minimum atomic E-state index is 0.205. The van der Waals surface area contributed by atoms with Gasteiger partial charge in [0.2, 0.25) is 0 Å². The number of hydrogen-bond acceptors (Lipinski definition) is 2. The minimum absolute atomic E-state index is 0.205. The molecule has 0 spiro atoms. The van der Waals surface area contributed by atoms with Gasteiger partial charge < -0.3 is 4.90 Å². The number of rotatable bonds is 3. The van der Waals surface area contributed by atoms with E-state index in [1.165, 1.54) is 5.56 Å². The lowest BCUT2D eigenvalue weighted by atomic mass is 9.96. The Kier molecular flexibility index (Phi) is 5.04. The molecule has 4 rings (SSSR count). The first-order chi connectivity index (χ1) is 12.8. The molecule has 1 fully saturated rings. The predicted molar refractivity (Wildman–Crippen MR) is 104 cm³/mol. The fraction of sp³-hybridized carbons (Fsp3) is 0.348. The van der Waals surface area contributed by atoms with Crippen molar-refractivity contribution in [3.63, 3.8) is 0 Å². The van der Waals surface area contributed by atoms with Crippen LogP contribution in [0.4, 0.5) is 0 Å². The molecular weight excluding hydrogens is 320 g/mol. The monoisotopic (exact) mass is 344 g/mol. The largest absolute Gasteiger partial charge is 0.334 e. The zero-order valence-electron chi connectivity index (χ0n) is 15.0. The van der Waals surface area contributed by atoms with Crippen LogP contribution in [-0.4, -0.2) is 41.9 Å². The highest BCUT2D eigenvalue weighted by atomic mass is 16.2. The summed E-state index contributed by atoms with van der Waals surface area (Å²) < 4.78 is 0. The van der Waals surface area contributed by atoms with Gasteiger partial charge in [-0.25, -0.2) is 0 Å². The fourth-order valence-corrected chi connectivity index (χ4v) is 3.88. The van der Waals surface area contributed by atoms with Crippen molar-refractivity contribution in [2.24, 2.45) is 5.92 Å². The van der Waals surface area contributed by atoms with E-state index >= 15 is 0 Å². The van der Waals surface area contributed by atoms with Crippen molar-refractivity contribution < 1.29 is 4.79 Å². The summed E-state index contributed by atoms with van der Waals surface area (Å²) in [6, 6.07) is 18.1. The number of amides is 1. The van der Waals surface area contributed by atoms with E-state index in [1.807, 2.05) is 53.4 Å². The number of carbonyl (C=O) groups excluding carboxylic acids is 1. The number of likely N-dealkylation sites (tertiary alicyclic amines) is 1. The van der Waals surface area contributed by atoms with Crippen LogP contribution in [-0.2, 0) is 6.54 Å². The van der Waals surface area contributed by atoms with Crippen molar-refractivity contribution in [1.29, 1.82) is 0 Å². The van der Waals surface area contributed by atoms with E-state index in [9.17, 15) is 4.79 Å². The summed E-state index contributed by atoms with van der Waals surface area (Å²) in [5.41, 5.74) is 3.14. The van der Waals surface area contributed by atoms with Gasteiger partial charge in [0.25, 0.3) is 5.91 Å². The van der Waals surface area contributed by atoms with E-state index in [2.05, 4.69) is 22.8 Å². The van der Waals surface area contributed by atoms with Crippen molar-refractivity contribution in [2.45, 2.75) is 19.4 Å². The molecule has 0 bridgehead atoms. The van der Waals surface area contributed by atoms with Crippen molar-refractivity contribution >= 4 is 5.91 Å². The minimum Gasteiger partial charge on any atom is -0.334 e. The third kappa shape index (κ3) is 3.81. The van der Waals surface area contributed by atoms with Crippen molar-refractivity contribution in [3.05, 3.63) is 71.3 Å². The van der Waals surface area contributed by atoms with Gasteiger partial charge >= 0.3 is 0 Å². The van der Waals surface area contributed by atoms with Gasteiger partial charge in [-0.05, 0) is 55.6 Å². The third-order valence-corrected chi connectivity index (χ3v) is 5.39. The average molecular weight is 344 g/mol.